The van der Waals surface area contributed by atoms with Crippen LogP contribution in [-0.2, 0) is 20.5 Å². The topological polar surface area (TPSA) is 88.1 Å². The summed E-state index contributed by atoms with van der Waals surface area (Å²) in [5.74, 6) is -1.30. The first-order valence-electron chi connectivity index (χ1n) is 10.4. The molecule has 1 aliphatic heterocycles. The first kappa shape index (κ1) is 25.3. The van der Waals surface area contributed by atoms with Crippen molar-refractivity contribution in [1.29, 1.82) is 0 Å². The average molecular weight is 494 g/mol. The van der Waals surface area contributed by atoms with Crippen molar-refractivity contribution in [2.45, 2.75) is 31.7 Å². The number of benzene rings is 2. The number of hydrogen-bond donors (Lipinski definition) is 1. The SMILES string of the molecule is CCOC(=O)c1ccc(NC(=O)C2CC(=O)N(CC)C(=Nc3cccc(C(F)(F)F)c3)S2)cc1. The lowest BCUT2D eigenvalue weighted by Gasteiger charge is -2.31. The molecule has 7 nitrogen and oxygen atoms in total. The zero-order chi connectivity index (χ0) is 24.9. The highest BCUT2D eigenvalue weighted by Gasteiger charge is 2.35. The Balaban J connectivity index is 1.77. The number of thioether (sulfide) groups is 1. The third-order valence-corrected chi connectivity index (χ3v) is 6.00. The quantitative estimate of drug-likeness (QED) is 0.581. The summed E-state index contributed by atoms with van der Waals surface area (Å²) in [5, 5.41) is 2.01. The summed E-state index contributed by atoms with van der Waals surface area (Å²) in [6.45, 7) is 3.90. The molecule has 2 aromatic rings. The summed E-state index contributed by atoms with van der Waals surface area (Å²) in [7, 11) is 0. The Kier molecular flexibility index (Phi) is 7.98. The minimum absolute atomic E-state index is 0.0270. The van der Waals surface area contributed by atoms with Gasteiger partial charge >= 0.3 is 12.1 Å². The van der Waals surface area contributed by atoms with Crippen LogP contribution in [-0.4, -0.2) is 46.3 Å². The van der Waals surface area contributed by atoms with Gasteiger partial charge in [0, 0.05) is 18.7 Å². The van der Waals surface area contributed by atoms with E-state index < -0.39 is 28.9 Å². The summed E-state index contributed by atoms with van der Waals surface area (Å²) < 4.78 is 44.0. The molecule has 2 aromatic carbocycles. The van der Waals surface area contributed by atoms with E-state index in [9.17, 15) is 27.6 Å². The van der Waals surface area contributed by atoms with Gasteiger partial charge in [0.25, 0.3) is 0 Å². The molecule has 0 aliphatic carbocycles. The van der Waals surface area contributed by atoms with Crippen LogP contribution in [0.1, 0.15) is 36.2 Å². The number of rotatable bonds is 6. The summed E-state index contributed by atoms with van der Waals surface area (Å²) in [4.78, 5) is 42.8. The third kappa shape index (κ3) is 6.16. The van der Waals surface area contributed by atoms with Crippen molar-refractivity contribution >= 4 is 46.1 Å². The molecule has 1 atom stereocenters. The molecular formula is C23H22F3N3O4S. The van der Waals surface area contributed by atoms with Gasteiger partial charge in [-0.1, -0.05) is 17.8 Å². The Morgan fingerprint density at radius 2 is 1.88 bits per heavy atom. The number of alkyl halides is 3. The van der Waals surface area contributed by atoms with Crippen LogP contribution in [0, 0.1) is 0 Å². The predicted molar refractivity (Wildman–Crippen MR) is 123 cm³/mol. The molecule has 0 spiro atoms. The molecule has 0 bridgehead atoms. The monoisotopic (exact) mass is 493 g/mol. The largest absolute Gasteiger partial charge is 0.462 e. The number of amidine groups is 1. The minimum Gasteiger partial charge on any atom is -0.462 e. The van der Waals surface area contributed by atoms with Crippen LogP contribution in [0.2, 0.25) is 0 Å². The Labute approximate surface area is 198 Å². The number of nitrogens with one attached hydrogen (secondary N) is 1. The lowest BCUT2D eigenvalue weighted by atomic mass is 10.2. The average Bonchev–Trinajstić information content (AvgIpc) is 2.79. The van der Waals surface area contributed by atoms with Crippen LogP contribution in [0.15, 0.2) is 53.5 Å². The molecule has 34 heavy (non-hydrogen) atoms. The molecule has 1 unspecified atom stereocenters. The highest BCUT2D eigenvalue weighted by Crippen LogP contribution is 2.33. The summed E-state index contributed by atoms with van der Waals surface area (Å²) in [6.07, 6.45) is -4.62. The Morgan fingerprint density at radius 1 is 1.18 bits per heavy atom. The molecular weight excluding hydrogens is 471 g/mol. The lowest BCUT2D eigenvalue weighted by Crippen LogP contribution is -2.45. The fourth-order valence-electron chi connectivity index (χ4n) is 3.14. The molecule has 11 heteroatoms. The first-order chi connectivity index (χ1) is 16.1. The van der Waals surface area contributed by atoms with E-state index >= 15 is 0 Å². The fraction of sp³-hybridized carbons (Fsp3) is 0.304. The maximum atomic E-state index is 13.0. The Morgan fingerprint density at radius 3 is 2.50 bits per heavy atom. The van der Waals surface area contributed by atoms with Crippen molar-refractivity contribution in [2.24, 2.45) is 4.99 Å². The minimum atomic E-state index is -4.53. The van der Waals surface area contributed by atoms with E-state index in [-0.39, 0.29) is 36.3 Å². The molecule has 0 aromatic heterocycles. The molecule has 0 saturated carbocycles. The van der Waals surface area contributed by atoms with Crippen LogP contribution in [0.3, 0.4) is 0 Å². The normalized spacial score (nSPS) is 17.6. The number of nitrogens with zero attached hydrogens (tertiary/aromatic N) is 2. The van der Waals surface area contributed by atoms with Gasteiger partial charge in [0.15, 0.2) is 5.17 Å². The van der Waals surface area contributed by atoms with Crippen molar-refractivity contribution in [3.8, 4) is 0 Å². The standard InChI is InChI=1S/C23H22F3N3O4S/c1-3-29-19(30)13-18(20(31)27-16-10-8-14(9-11-16)21(32)33-4-2)34-22(29)28-17-7-5-6-15(12-17)23(24,25)26/h5-12,18H,3-4,13H2,1-2H3,(H,27,31). The maximum Gasteiger partial charge on any atom is 0.416 e. The van der Waals surface area contributed by atoms with E-state index in [2.05, 4.69) is 10.3 Å². The Hall–Kier alpha value is -3.34. The van der Waals surface area contributed by atoms with Gasteiger partial charge in [-0.3, -0.25) is 14.5 Å². The lowest BCUT2D eigenvalue weighted by molar-refractivity contribution is -0.137. The van der Waals surface area contributed by atoms with Gasteiger partial charge in [-0.2, -0.15) is 13.2 Å². The highest BCUT2D eigenvalue weighted by molar-refractivity contribution is 8.15. The number of esters is 1. The van der Waals surface area contributed by atoms with Crippen LogP contribution < -0.4 is 5.32 Å². The number of halogens is 3. The zero-order valence-electron chi connectivity index (χ0n) is 18.4. The fourth-order valence-corrected chi connectivity index (χ4v) is 4.30. The van der Waals surface area contributed by atoms with Crippen molar-refractivity contribution in [3.05, 3.63) is 59.7 Å². The molecule has 1 saturated heterocycles. The smallest absolute Gasteiger partial charge is 0.416 e. The molecule has 2 amide bonds. The predicted octanol–water partition coefficient (Wildman–Crippen LogP) is 4.86. The number of carbonyl (C=O) groups excluding carboxylic acids is 3. The van der Waals surface area contributed by atoms with Crippen LogP contribution in [0.5, 0.6) is 0 Å². The van der Waals surface area contributed by atoms with Gasteiger partial charge in [0.2, 0.25) is 11.8 Å². The summed E-state index contributed by atoms with van der Waals surface area (Å²) in [6, 6.07) is 10.5. The van der Waals surface area contributed by atoms with E-state index in [1.807, 2.05) is 0 Å². The molecule has 1 heterocycles. The van der Waals surface area contributed by atoms with E-state index in [0.717, 1.165) is 23.9 Å². The second kappa shape index (κ2) is 10.7. The number of ether oxygens (including phenoxy) is 1. The number of hydrogen-bond acceptors (Lipinski definition) is 6. The molecule has 180 valence electrons. The Bertz CT molecular complexity index is 1100. The van der Waals surface area contributed by atoms with E-state index in [4.69, 9.17) is 4.74 Å². The van der Waals surface area contributed by atoms with E-state index in [1.165, 1.54) is 41.3 Å². The van der Waals surface area contributed by atoms with Crippen LogP contribution in [0.25, 0.3) is 0 Å². The van der Waals surface area contributed by atoms with Crippen molar-refractivity contribution in [1.82, 2.24) is 4.90 Å². The number of aliphatic imine (C=N–C) groups is 1. The maximum absolute atomic E-state index is 13.0. The summed E-state index contributed by atoms with van der Waals surface area (Å²) >= 11 is 1.01. The molecule has 3 rings (SSSR count). The van der Waals surface area contributed by atoms with Crippen molar-refractivity contribution in [3.63, 3.8) is 0 Å². The third-order valence-electron chi connectivity index (χ3n) is 4.81. The van der Waals surface area contributed by atoms with E-state index in [0.29, 0.717) is 11.3 Å². The van der Waals surface area contributed by atoms with Gasteiger partial charge in [-0.25, -0.2) is 9.79 Å². The van der Waals surface area contributed by atoms with Crippen LogP contribution in [0.4, 0.5) is 24.5 Å². The number of carbonyl (C=O) groups is 3. The molecule has 0 radical (unpaired) electrons. The second-order valence-electron chi connectivity index (χ2n) is 7.18. The number of anilines is 1. The van der Waals surface area contributed by atoms with E-state index in [1.54, 1.807) is 13.8 Å². The van der Waals surface area contributed by atoms with Gasteiger partial charge in [-0.15, -0.1) is 0 Å². The van der Waals surface area contributed by atoms with Crippen molar-refractivity contribution < 1.29 is 32.3 Å². The van der Waals surface area contributed by atoms with Crippen molar-refractivity contribution in [2.75, 3.05) is 18.5 Å². The number of amides is 2. The van der Waals surface area contributed by atoms with Gasteiger partial charge in [-0.05, 0) is 56.3 Å². The molecule has 1 aliphatic rings. The summed E-state index contributed by atoms with van der Waals surface area (Å²) in [5.41, 5.74) is -0.0826. The van der Waals surface area contributed by atoms with Gasteiger partial charge < -0.3 is 10.1 Å². The van der Waals surface area contributed by atoms with Gasteiger partial charge in [0.05, 0.1) is 23.4 Å². The molecule has 1 fully saturated rings. The second-order valence-corrected chi connectivity index (χ2v) is 8.35. The first-order valence-corrected chi connectivity index (χ1v) is 11.3. The van der Waals surface area contributed by atoms with Crippen LogP contribution >= 0.6 is 11.8 Å². The molecule has 1 N–H and O–H groups in total. The highest BCUT2D eigenvalue weighted by atomic mass is 32.2. The van der Waals surface area contributed by atoms with Gasteiger partial charge in [0.1, 0.15) is 5.25 Å². The zero-order valence-corrected chi connectivity index (χ0v) is 19.2.